The number of rotatable bonds is 10. The van der Waals surface area contributed by atoms with E-state index in [2.05, 4.69) is 38.4 Å². The highest BCUT2D eigenvalue weighted by Gasteiger charge is 2.22. The molecule has 0 aliphatic rings. The third-order valence-electron chi connectivity index (χ3n) is 6.03. The first-order valence-corrected chi connectivity index (χ1v) is 12.2. The average Bonchev–Trinajstić information content (AvgIpc) is 3.28. The molecule has 0 bridgehead atoms. The van der Waals surface area contributed by atoms with Gasteiger partial charge in [0.25, 0.3) is 0 Å². The summed E-state index contributed by atoms with van der Waals surface area (Å²) in [6, 6.07) is 4.73. The Bertz CT molecular complexity index is 1540. The summed E-state index contributed by atoms with van der Waals surface area (Å²) < 4.78 is 30.3. The van der Waals surface area contributed by atoms with E-state index in [1.165, 1.54) is 37.1 Å². The van der Waals surface area contributed by atoms with E-state index in [-0.39, 0.29) is 22.5 Å². The van der Waals surface area contributed by atoms with Gasteiger partial charge in [-0.3, -0.25) is 0 Å². The highest BCUT2D eigenvalue weighted by molar-refractivity contribution is 5.86. The third kappa shape index (κ3) is 6.07. The molecule has 0 saturated carbocycles. The summed E-state index contributed by atoms with van der Waals surface area (Å²) in [5.74, 6) is -0.741. The van der Waals surface area contributed by atoms with Crippen molar-refractivity contribution in [2.24, 2.45) is 0 Å². The van der Waals surface area contributed by atoms with Crippen LogP contribution in [0.2, 0.25) is 0 Å². The summed E-state index contributed by atoms with van der Waals surface area (Å²) >= 11 is 0. The lowest BCUT2D eigenvalue weighted by Gasteiger charge is -2.13. The van der Waals surface area contributed by atoms with Gasteiger partial charge in [0.05, 0.1) is 11.3 Å². The fourth-order valence-electron chi connectivity index (χ4n) is 4.11. The van der Waals surface area contributed by atoms with Gasteiger partial charge in [-0.1, -0.05) is 25.3 Å². The van der Waals surface area contributed by atoms with Crippen molar-refractivity contribution in [1.82, 2.24) is 29.8 Å². The van der Waals surface area contributed by atoms with E-state index in [4.69, 9.17) is 10.7 Å². The first-order chi connectivity index (χ1) is 18.7. The maximum Gasteiger partial charge on any atom is 0.144 e. The minimum absolute atomic E-state index is 0.0176. The number of aromatic nitrogens is 5. The number of nitrogens with zero attached hydrogens (tertiary/aromatic N) is 5. The van der Waals surface area contributed by atoms with Crippen LogP contribution in [0.25, 0.3) is 22.3 Å². The first-order valence-electron chi connectivity index (χ1n) is 12.2. The third-order valence-corrected chi connectivity index (χ3v) is 6.03. The van der Waals surface area contributed by atoms with E-state index in [0.29, 0.717) is 46.1 Å². The van der Waals surface area contributed by atoms with Crippen LogP contribution in [0.1, 0.15) is 28.3 Å². The first kappa shape index (κ1) is 27.3. The molecule has 10 heteroatoms. The number of nitrogen functional groups attached to an aromatic ring is 1. The van der Waals surface area contributed by atoms with Gasteiger partial charge in [-0.15, -0.1) is 0 Å². The Balaban J connectivity index is 1.72. The van der Waals surface area contributed by atoms with Crippen LogP contribution < -0.4 is 11.1 Å². The van der Waals surface area contributed by atoms with Crippen LogP contribution in [0, 0.1) is 18.6 Å². The van der Waals surface area contributed by atoms with Gasteiger partial charge in [-0.2, -0.15) is 0 Å². The maximum atomic E-state index is 15.7. The zero-order valence-electron chi connectivity index (χ0n) is 22.1. The predicted molar refractivity (Wildman–Crippen MR) is 152 cm³/mol. The molecule has 0 unspecified atom stereocenters. The monoisotopic (exact) mass is 528 g/mol. The molecule has 3 aromatic heterocycles. The summed E-state index contributed by atoms with van der Waals surface area (Å²) in [4.78, 5) is 22.0. The second kappa shape index (κ2) is 11.8. The highest BCUT2D eigenvalue weighted by Crippen LogP contribution is 2.34. The SMILES string of the molecule is C=C/C=C(/c1cc(F)cc(NCCN(C)C)c1)c1nc(C(=C)c2c(N)ncc(-c3cncnc3)c2F)[nH]c1C. The molecule has 0 radical (unpaired) electrons. The van der Waals surface area contributed by atoms with Crippen LogP contribution in [0.5, 0.6) is 0 Å². The number of nitrogens with one attached hydrogen (secondary N) is 2. The van der Waals surface area contributed by atoms with E-state index in [9.17, 15) is 4.39 Å². The average molecular weight is 529 g/mol. The lowest BCUT2D eigenvalue weighted by atomic mass is 10.00. The van der Waals surface area contributed by atoms with E-state index in [1.807, 2.05) is 32.0 Å². The second-order valence-corrected chi connectivity index (χ2v) is 9.19. The Morgan fingerprint density at radius 2 is 1.90 bits per heavy atom. The second-order valence-electron chi connectivity index (χ2n) is 9.19. The van der Waals surface area contributed by atoms with E-state index >= 15 is 4.39 Å². The van der Waals surface area contributed by atoms with Gasteiger partial charge in [0, 0.05) is 65.3 Å². The standard InChI is InChI=1S/C29H30F2N8/c1-6-7-23(19-10-21(30)12-22(11-19)35-8-9-39(4)5)27-18(3)37-29(38-27)17(2)25-26(31)24(15-36-28(25)32)20-13-33-16-34-14-20/h6-7,10-16,35H,1-2,8-9H2,3-5H3,(H2,32,36)(H,37,38)/b23-7-. The quantitative estimate of drug-likeness (QED) is 0.246. The zero-order chi connectivity index (χ0) is 28.1. The summed E-state index contributed by atoms with van der Waals surface area (Å²) in [6.45, 7) is 11.1. The fourth-order valence-corrected chi connectivity index (χ4v) is 4.11. The van der Waals surface area contributed by atoms with Crippen LogP contribution in [-0.2, 0) is 0 Å². The Morgan fingerprint density at radius 1 is 1.15 bits per heavy atom. The van der Waals surface area contributed by atoms with E-state index < -0.39 is 11.6 Å². The number of imidazole rings is 1. The highest BCUT2D eigenvalue weighted by atomic mass is 19.1. The molecule has 0 atom stereocenters. The largest absolute Gasteiger partial charge is 0.384 e. The van der Waals surface area contributed by atoms with Gasteiger partial charge in [-0.05, 0) is 44.8 Å². The van der Waals surface area contributed by atoms with E-state index in [1.54, 1.807) is 12.2 Å². The number of aryl methyl sites for hydroxylation is 1. The van der Waals surface area contributed by atoms with Crippen molar-refractivity contribution in [3.63, 3.8) is 0 Å². The topological polar surface area (TPSA) is 109 Å². The van der Waals surface area contributed by atoms with Gasteiger partial charge in [-0.25, -0.2) is 28.7 Å². The van der Waals surface area contributed by atoms with Crippen molar-refractivity contribution in [3.8, 4) is 11.1 Å². The van der Waals surface area contributed by atoms with Gasteiger partial charge in [0.15, 0.2) is 0 Å². The molecule has 0 aliphatic heterocycles. The number of H-pyrrole nitrogens is 1. The number of aromatic amines is 1. The summed E-state index contributed by atoms with van der Waals surface area (Å²) in [7, 11) is 3.94. The number of anilines is 2. The normalized spacial score (nSPS) is 11.6. The number of hydrogen-bond acceptors (Lipinski definition) is 7. The maximum absolute atomic E-state index is 15.7. The molecule has 200 valence electrons. The van der Waals surface area contributed by atoms with Crippen LogP contribution in [0.15, 0.2) is 68.4 Å². The zero-order valence-corrected chi connectivity index (χ0v) is 22.1. The molecule has 0 spiro atoms. The Labute approximate surface area is 226 Å². The van der Waals surface area contributed by atoms with Crippen LogP contribution in [0.3, 0.4) is 0 Å². The van der Waals surface area contributed by atoms with Gasteiger partial charge in [0.1, 0.15) is 29.6 Å². The number of nitrogens with two attached hydrogens (primary N) is 1. The van der Waals surface area contributed by atoms with Crippen molar-refractivity contribution >= 4 is 22.7 Å². The number of hydrogen-bond donors (Lipinski definition) is 3. The smallest absolute Gasteiger partial charge is 0.144 e. The predicted octanol–water partition coefficient (Wildman–Crippen LogP) is 5.08. The Morgan fingerprint density at radius 3 is 2.59 bits per heavy atom. The van der Waals surface area contributed by atoms with Crippen molar-refractivity contribution in [2.45, 2.75) is 6.92 Å². The summed E-state index contributed by atoms with van der Waals surface area (Å²) in [5.41, 5.74) is 10.0. The molecule has 4 aromatic rings. The number of halogens is 2. The van der Waals surface area contributed by atoms with Crippen molar-refractivity contribution in [2.75, 3.05) is 38.2 Å². The minimum Gasteiger partial charge on any atom is -0.384 e. The lowest BCUT2D eigenvalue weighted by molar-refractivity contribution is 0.425. The van der Waals surface area contributed by atoms with Crippen molar-refractivity contribution < 1.29 is 8.78 Å². The Hall–Kier alpha value is -4.70. The van der Waals surface area contributed by atoms with Crippen LogP contribution in [0.4, 0.5) is 20.3 Å². The molecule has 4 rings (SSSR count). The lowest BCUT2D eigenvalue weighted by Crippen LogP contribution is -2.20. The molecule has 3 heterocycles. The Kier molecular flexibility index (Phi) is 8.26. The minimum atomic E-state index is -0.613. The molecule has 8 nitrogen and oxygen atoms in total. The molecule has 4 N–H and O–H groups in total. The molecular weight excluding hydrogens is 498 g/mol. The fraction of sp³-hybridized carbons (Fsp3) is 0.172. The number of benzene rings is 1. The molecule has 0 saturated heterocycles. The van der Waals surface area contributed by atoms with Crippen molar-refractivity contribution in [3.05, 3.63) is 108 Å². The van der Waals surface area contributed by atoms with Crippen LogP contribution >= 0.6 is 0 Å². The summed E-state index contributed by atoms with van der Waals surface area (Å²) in [6.07, 6.45) is 9.02. The number of likely N-dealkylation sites (N-methyl/N-ethyl adjacent to an activating group) is 1. The van der Waals surface area contributed by atoms with Gasteiger partial charge >= 0.3 is 0 Å². The molecule has 0 fully saturated rings. The van der Waals surface area contributed by atoms with Gasteiger partial charge in [0.2, 0.25) is 0 Å². The molecule has 1 aromatic carbocycles. The van der Waals surface area contributed by atoms with Gasteiger partial charge < -0.3 is 20.9 Å². The number of pyridine rings is 1. The summed E-state index contributed by atoms with van der Waals surface area (Å²) in [5, 5.41) is 3.25. The number of allylic oxidation sites excluding steroid dienone is 2. The molecule has 0 aliphatic carbocycles. The van der Waals surface area contributed by atoms with E-state index in [0.717, 1.165) is 6.54 Å². The molecule has 0 amide bonds. The molecule has 39 heavy (non-hydrogen) atoms. The van der Waals surface area contributed by atoms with Crippen LogP contribution in [-0.4, -0.2) is 57.0 Å². The molecular formula is C29H30F2N8. The van der Waals surface area contributed by atoms with Crippen molar-refractivity contribution in [1.29, 1.82) is 0 Å².